The standard InChI is InChI=1S/C23H27ClO/c1-17(24)15-22-21(23(22,2)3)14-8-10-18-9-7-13-20(16-18)25-19-11-5-4-6-12-19/h4-7,9,11-13,15-16,21-22H,8,10,14H2,1-3H3/b17-15-. The summed E-state index contributed by atoms with van der Waals surface area (Å²) in [6, 6.07) is 18.4. The fraction of sp³-hybridized carbons (Fsp3) is 0.391. The first-order valence-electron chi connectivity index (χ1n) is 9.12. The Morgan fingerprint density at radius 2 is 1.80 bits per heavy atom. The van der Waals surface area contributed by atoms with Gasteiger partial charge in [0.2, 0.25) is 0 Å². The van der Waals surface area contributed by atoms with Crippen molar-refractivity contribution in [3.05, 3.63) is 71.3 Å². The predicted octanol–water partition coefficient (Wildman–Crippen LogP) is 7.22. The van der Waals surface area contributed by atoms with Crippen LogP contribution in [0.15, 0.2) is 65.7 Å². The average Bonchev–Trinajstić information content (AvgIpc) is 3.08. The maximum atomic E-state index is 6.07. The van der Waals surface area contributed by atoms with Crippen LogP contribution in [0.5, 0.6) is 11.5 Å². The maximum absolute atomic E-state index is 6.07. The van der Waals surface area contributed by atoms with E-state index in [1.165, 1.54) is 18.4 Å². The van der Waals surface area contributed by atoms with Crippen LogP contribution in [-0.4, -0.2) is 0 Å². The van der Waals surface area contributed by atoms with Crippen LogP contribution >= 0.6 is 11.6 Å². The first-order chi connectivity index (χ1) is 12.0. The number of benzene rings is 2. The number of allylic oxidation sites excluding steroid dienone is 2. The number of aryl methyl sites for hydroxylation is 1. The van der Waals surface area contributed by atoms with E-state index in [1.54, 1.807) is 0 Å². The number of rotatable bonds is 7. The Hall–Kier alpha value is -1.73. The van der Waals surface area contributed by atoms with Crippen molar-refractivity contribution in [1.82, 2.24) is 0 Å². The molecule has 25 heavy (non-hydrogen) atoms. The molecule has 2 atom stereocenters. The largest absolute Gasteiger partial charge is 0.457 e. The van der Waals surface area contributed by atoms with Crippen molar-refractivity contribution >= 4 is 11.6 Å². The molecule has 1 aliphatic rings. The molecule has 0 saturated heterocycles. The van der Waals surface area contributed by atoms with Crippen molar-refractivity contribution in [3.63, 3.8) is 0 Å². The lowest BCUT2D eigenvalue weighted by atomic mass is 10.0. The summed E-state index contributed by atoms with van der Waals surface area (Å²) in [4.78, 5) is 0. The van der Waals surface area contributed by atoms with Crippen LogP contribution in [0.25, 0.3) is 0 Å². The van der Waals surface area contributed by atoms with E-state index in [0.717, 1.165) is 28.9 Å². The van der Waals surface area contributed by atoms with E-state index >= 15 is 0 Å². The van der Waals surface area contributed by atoms with Gasteiger partial charge in [0, 0.05) is 5.03 Å². The van der Waals surface area contributed by atoms with Gasteiger partial charge in [-0.15, -0.1) is 0 Å². The van der Waals surface area contributed by atoms with E-state index < -0.39 is 0 Å². The highest BCUT2D eigenvalue weighted by molar-refractivity contribution is 6.29. The number of para-hydroxylation sites is 1. The first-order valence-corrected chi connectivity index (χ1v) is 9.50. The SMILES string of the molecule is C/C(Cl)=C/C1C(CCCc2cccc(Oc3ccccc3)c2)C1(C)C. The third-order valence-corrected chi connectivity index (χ3v) is 5.53. The molecule has 2 unspecified atom stereocenters. The van der Waals surface area contributed by atoms with Crippen molar-refractivity contribution in [2.24, 2.45) is 17.3 Å². The van der Waals surface area contributed by atoms with E-state index in [4.69, 9.17) is 16.3 Å². The lowest BCUT2D eigenvalue weighted by Gasteiger charge is -2.08. The molecule has 1 aliphatic carbocycles. The Morgan fingerprint density at radius 3 is 2.52 bits per heavy atom. The van der Waals surface area contributed by atoms with Crippen LogP contribution in [0.4, 0.5) is 0 Å². The fourth-order valence-corrected chi connectivity index (χ4v) is 3.97. The second-order valence-corrected chi connectivity index (χ2v) is 8.26. The van der Waals surface area contributed by atoms with E-state index in [0.29, 0.717) is 11.3 Å². The summed E-state index contributed by atoms with van der Waals surface area (Å²) in [6.45, 7) is 6.69. The third-order valence-electron chi connectivity index (χ3n) is 5.41. The summed E-state index contributed by atoms with van der Waals surface area (Å²) in [5, 5.41) is 0.923. The summed E-state index contributed by atoms with van der Waals surface area (Å²) in [6.07, 6.45) is 5.78. The lowest BCUT2D eigenvalue weighted by molar-refractivity contribution is 0.481. The molecule has 0 spiro atoms. The Labute approximate surface area is 156 Å². The second-order valence-electron chi connectivity index (χ2n) is 7.66. The Balaban J connectivity index is 1.53. The molecule has 132 valence electrons. The predicted molar refractivity (Wildman–Crippen MR) is 106 cm³/mol. The van der Waals surface area contributed by atoms with Gasteiger partial charge in [-0.05, 0) is 73.3 Å². The Bertz CT molecular complexity index is 729. The smallest absolute Gasteiger partial charge is 0.127 e. The van der Waals surface area contributed by atoms with Gasteiger partial charge in [0.25, 0.3) is 0 Å². The zero-order valence-corrected chi connectivity index (χ0v) is 16.1. The minimum atomic E-state index is 0.397. The molecular weight excluding hydrogens is 328 g/mol. The highest BCUT2D eigenvalue weighted by Crippen LogP contribution is 2.61. The van der Waals surface area contributed by atoms with Crippen LogP contribution in [0.1, 0.15) is 39.2 Å². The molecule has 1 nitrogen and oxygen atoms in total. The average molecular weight is 355 g/mol. The summed E-state index contributed by atoms with van der Waals surface area (Å²) in [7, 11) is 0. The van der Waals surface area contributed by atoms with E-state index in [2.05, 4.69) is 38.1 Å². The van der Waals surface area contributed by atoms with E-state index in [-0.39, 0.29) is 0 Å². The van der Waals surface area contributed by atoms with Crippen LogP contribution in [0.3, 0.4) is 0 Å². The number of hydrogen-bond acceptors (Lipinski definition) is 1. The van der Waals surface area contributed by atoms with Gasteiger partial charge in [-0.3, -0.25) is 0 Å². The van der Waals surface area contributed by atoms with Crippen molar-refractivity contribution in [1.29, 1.82) is 0 Å². The Morgan fingerprint density at radius 1 is 1.08 bits per heavy atom. The number of halogens is 1. The zero-order chi connectivity index (χ0) is 17.9. The van der Waals surface area contributed by atoms with E-state index in [1.807, 2.05) is 43.3 Å². The molecular formula is C23H27ClO. The Kier molecular flexibility index (Phi) is 5.54. The molecule has 0 aromatic heterocycles. The molecule has 0 aliphatic heterocycles. The molecule has 2 aromatic carbocycles. The second kappa shape index (κ2) is 7.66. The molecule has 0 radical (unpaired) electrons. The van der Waals surface area contributed by atoms with Gasteiger partial charge < -0.3 is 4.74 Å². The number of ether oxygens (including phenoxy) is 1. The van der Waals surface area contributed by atoms with Crippen molar-refractivity contribution in [3.8, 4) is 11.5 Å². The fourth-order valence-electron chi connectivity index (χ4n) is 3.83. The van der Waals surface area contributed by atoms with Gasteiger partial charge in [-0.1, -0.05) is 61.9 Å². The van der Waals surface area contributed by atoms with Crippen LogP contribution < -0.4 is 4.74 Å². The molecule has 3 rings (SSSR count). The van der Waals surface area contributed by atoms with Crippen LogP contribution in [0, 0.1) is 17.3 Å². The topological polar surface area (TPSA) is 9.23 Å². The quantitative estimate of drug-likeness (QED) is 0.510. The molecule has 2 heteroatoms. The van der Waals surface area contributed by atoms with Gasteiger partial charge in [0.05, 0.1) is 0 Å². The summed E-state index contributed by atoms with van der Waals surface area (Å²) in [5.41, 5.74) is 1.74. The summed E-state index contributed by atoms with van der Waals surface area (Å²) < 4.78 is 5.93. The molecule has 1 saturated carbocycles. The minimum Gasteiger partial charge on any atom is -0.457 e. The van der Waals surface area contributed by atoms with Gasteiger partial charge in [0.1, 0.15) is 11.5 Å². The normalized spacial score (nSPS) is 21.8. The van der Waals surface area contributed by atoms with Gasteiger partial charge in [-0.25, -0.2) is 0 Å². The van der Waals surface area contributed by atoms with Gasteiger partial charge >= 0.3 is 0 Å². The molecule has 0 bridgehead atoms. The van der Waals surface area contributed by atoms with Crippen LogP contribution in [-0.2, 0) is 6.42 Å². The van der Waals surface area contributed by atoms with Gasteiger partial charge in [0.15, 0.2) is 0 Å². The maximum Gasteiger partial charge on any atom is 0.127 e. The van der Waals surface area contributed by atoms with Crippen molar-refractivity contribution in [2.75, 3.05) is 0 Å². The van der Waals surface area contributed by atoms with Crippen molar-refractivity contribution in [2.45, 2.75) is 40.0 Å². The molecule has 2 aromatic rings. The van der Waals surface area contributed by atoms with Crippen molar-refractivity contribution < 1.29 is 4.74 Å². The number of hydrogen-bond donors (Lipinski definition) is 0. The zero-order valence-electron chi connectivity index (χ0n) is 15.3. The molecule has 0 N–H and O–H groups in total. The molecule has 0 heterocycles. The minimum absolute atomic E-state index is 0.397. The molecule has 0 amide bonds. The third kappa shape index (κ3) is 4.67. The monoisotopic (exact) mass is 354 g/mol. The summed E-state index contributed by atoms with van der Waals surface area (Å²) in [5.74, 6) is 3.18. The van der Waals surface area contributed by atoms with E-state index in [9.17, 15) is 0 Å². The van der Waals surface area contributed by atoms with Gasteiger partial charge in [-0.2, -0.15) is 0 Å². The highest BCUT2D eigenvalue weighted by atomic mass is 35.5. The van der Waals surface area contributed by atoms with Crippen LogP contribution in [0.2, 0.25) is 0 Å². The highest BCUT2D eigenvalue weighted by Gasteiger charge is 2.55. The summed E-state index contributed by atoms with van der Waals surface area (Å²) >= 11 is 6.07. The molecule has 1 fully saturated rings. The lowest BCUT2D eigenvalue weighted by Crippen LogP contribution is -1.93. The first kappa shape index (κ1) is 18.1.